The molecule has 1 aromatic rings. The number of benzene rings is 1. The fraction of sp³-hybridized carbons (Fsp3) is 0.111. The van der Waals surface area contributed by atoms with Crippen LogP contribution in [0.5, 0.6) is 5.75 Å². The van der Waals surface area contributed by atoms with Gasteiger partial charge in [0.1, 0.15) is 5.75 Å². The number of phenols is 1. The molecule has 0 radical (unpaired) electrons. The van der Waals surface area contributed by atoms with E-state index < -0.39 is 11.9 Å². The van der Waals surface area contributed by atoms with Gasteiger partial charge in [0.15, 0.2) is 0 Å². The number of halogens is 1. The Hall–Kier alpha value is -1.56. The van der Waals surface area contributed by atoms with Crippen LogP contribution < -0.4 is 0 Å². The summed E-state index contributed by atoms with van der Waals surface area (Å²) in [5.41, 5.74) is -0.217. The van der Waals surface area contributed by atoms with Gasteiger partial charge in [-0.05, 0) is 28.1 Å². The Morgan fingerprint density at radius 1 is 1.40 bits per heavy atom. The summed E-state index contributed by atoms with van der Waals surface area (Å²) >= 11 is 2.90. The predicted octanol–water partition coefficient (Wildman–Crippen LogP) is 1.64. The molecule has 0 unspecified atom stereocenters. The zero-order valence-corrected chi connectivity index (χ0v) is 9.24. The first-order valence-electron chi connectivity index (χ1n) is 3.81. The molecule has 0 saturated heterocycles. The molecular weight excluding hydrogens is 268 g/mol. The summed E-state index contributed by atoms with van der Waals surface area (Å²) < 4.78 is 4.44. The normalized spacial score (nSPS) is 9.73. The maximum absolute atomic E-state index is 11.1. The van der Waals surface area contributed by atoms with Crippen molar-refractivity contribution in [2.45, 2.75) is 0 Å². The SMILES string of the molecule is COC(=O)c1cc(O)c(Br)c(C(=O)O)c1. The number of carbonyl (C=O) groups excluding carboxylic acids is 1. The van der Waals surface area contributed by atoms with Crippen molar-refractivity contribution in [1.82, 2.24) is 0 Å². The second-order valence-electron chi connectivity index (χ2n) is 2.65. The van der Waals surface area contributed by atoms with Gasteiger partial charge in [0.25, 0.3) is 0 Å². The minimum Gasteiger partial charge on any atom is -0.507 e. The molecule has 0 amide bonds. The number of aromatic carboxylic acids is 1. The van der Waals surface area contributed by atoms with Crippen LogP contribution in [0.2, 0.25) is 0 Å². The summed E-state index contributed by atoms with van der Waals surface area (Å²) in [6, 6.07) is 2.25. The average molecular weight is 275 g/mol. The fourth-order valence-corrected chi connectivity index (χ4v) is 1.40. The van der Waals surface area contributed by atoms with Gasteiger partial charge >= 0.3 is 11.9 Å². The fourth-order valence-electron chi connectivity index (χ4n) is 1.00. The molecule has 15 heavy (non-hydrogen) atoms. The van der Waals surface area contributed by atoms with Gasteiger partial charge in [-0.1, -0.05) is 0 Å². The molecule has 0 heterocycles. The molecule has 0 fully saturated rings. The van der Waals surface area contributed by atoms with Gasteiger partial charge in [-0.25, -0.2) is 9.59 Å². The number of aromatic hydroxyl groups is 1. The quantitative estimate of drug-likeness (QED) is 0.801. The highest BCUT2D eigenvalue weighted by Gasteiger charge is 2.17. The predicted molar refractivity (Wildman–Crippen MR) is 54.1 cm³/mol. The molecule has 2 N–H and O–H groups in total. The molecule has 80 valence electrons. The van der Waals surface area contributed by atoms with Crippen LogP contribution in [0, 0.1) is 0 Å². The van der Waals surface area contributed by atoms with Crippen molar-refractivity contribution in [3.63, 3.8) is 0 Å². The van der Waals surface area contributed by atoms with Gasteiger partial charge < -0.3 is 14.9 Å². The molecule has 5 nitrogen and oxygen atoms in total. The number of esters is 1. The number of phenolic OH excluding ortho intramolecular Hbond substituents is 1. The van der Waals surface area contributed by atoms with Crippen LogP contribution in [-0.2, 0) is 4.74 Å². The van der Waals surface area contributed by atoms with Crippen molar-refractivity contribution in [2.24, 2.45) is 0 Å². The van der Waals surface area contributed by atoms with E-state index in [1.807, 2.05) is 0 Å². The van der Waals surface area contributed by atoms with Gasteiger partial charge in [-0.15, -0.1) is 0 Å². The number of ether oxygens (including phenoxy) is 1. The first-order valence-corrected chi connectivity index (χ1v) is 4.60. The summed E-state index contributed by atoms with van der Waals surface area (Å²) in [5.74, 6) is -2.28. The Morgan fingerprint density at radius 3 is 2.47 bits per heavy atom. The van der Waals surface area contributed by atoms with Gasteiger partial charge in [0.05, 0.1) is 22.7 Å². The lowest BCUT2D eigenvalue weighted by molar-refractivity contribution is 0.0600. The maximum atomic E-state index is 11.1. The summed E-state index contributed by atoms with van der Waals surface area (Å²) in [7, 11) is 1.17. The molecule has 0 spiro atoms. The smallest absolute Gasteiger partial charge is 0.338 e. The third-order valence-corrected chi connectivity index (χ3v) is 2.54. The molecule has 0 aromatic heterocycles. The molecule has 1 aromatic carbocycles. The summed E-state index contributed by atoms with van der Waals surface area (Å²) in [4.78, 5) is 21.9. The van der Waals surface area contributed by atoms with Crippen LogP contribution in [0.1, 0.15) is 20.7 Å². The molecule has 0 aliphatic rings. The van der Waals surface area contributed by atoms with E-state index in [1.165, 1.54) is 7.11 Å². The molecule has 0 aliphatic heterocycles. The molecule has 6 heteroatoms. The molecule has 0 atom stereocenters. The number of carbonyl (C=O) groups is 2. The number of hydrogen-bond acceptors (Lipinski definition) is 4. The van der Waals surface area contributed by atoms with E-state index in [-0.39, 0.29) is 21.3 Å². The Morgan fingerprint density at radius 2 is 2.00 bits per heavy atom. The van der Waals surface area contributed by atoms with Crippen LogP contribution in [0.15, 0.2) is 16.6 Å². The Labute approximate surface area is 93.4 Å². The minimum absolute atomic E-state index is 0.0180. The van der Waals surface area contributed by atoms with E-state index in [0.717, 1.165) is 12.1 Å². The third-order valence-electron chi connectivity index (χ3n) is 1.70. The molecule has 0 saturated carbocycles. The monoisotopic (exact) mass is 274 g/mol. The standard InChI is InChI=1S/C9H7BrO5/c1-15-9(14)4-2-5(8(12)13)7(10)6(11)3-4/h2-3,11H,1H3,(H,12,13). The summed E-state index contributed by atoms with van der Waals surface area (Å²) in [6.45, 7) is 0. The number of hydrogen-bond donors (Lipinski definition) is 2. The van der Waals surface area contributed by atoms with Crippen LogP contribution in [0.3, 0.4) is 0 Å². The lowest BCUT2D eigenvalue weighted by Crippen LogP contribution is -2.05. The number of carboxylic acids is 1. The van der Waals surface area contributed by atoms with Crippen molar-refractivity contribution in [1.29, 1.82) is 0 Å². The lowest BCUT2D eigenvalue weighted by Gasteiger charge is -2.05. The van der Waals surface area contributed by atoms with Crippen LogP contribution in [0.4, 0.5) is 0 Å². The van der Waals surface area contributed by atoms with Crippen molar-refractivity contribution >= 4 is 27.9 Å². The molecule has 0 aliphatic carbocycles. The number of rotatable bonds is 2. The highest BCUT2D eigenvalue weighted by Crippen LogP contribution is 2.29. The molecule has 1 rings (SSSR count). The Bertz CT molecular complexity index is 427. The number of methoxy groups -OCH3 is 1. The van der Waals surface area contributed by atoms with E-state index in [2.05, 4.69) is 20.7 Å². The zero-order chi connectivity index (χ0) is 11.6. The van der Waals surface area contributed by atoms with Gasteiger partial charge in [-0.3, -0.25) is 0 Å². The average Bonchev–Trinajstić information content (AvgIpc) is 2.20. The van der Waals surface area contributed by atoms with Gasteiger partial charge in [0.2, 0.25) is 0 Å². The topological polar surface area (TPSA) is 83.8 Å². The lowest BCUT2D eigenvalue weighted by atomic mass is 10.1. The number of carboxylic acid groups (broad SMARTS) is 1. The zero-order valence-electron chi connectivity index (χ0n) is 7.65. The molecular formula is C9H7BrO5. The second-order valence-corrected chi connectivity index (χ2v) is 3.45. The second kappa shape index (κ2) is 4.31. The third kappa shape index (κ3) is 2.27. The van der Waals surface area contributed by atoms with Crippen molar-refractivity contribution in [3.05, 3.63) is 27.7 Å². The Kier molecular flexibility index (Phi) is 3.31. The van der Waals surface area contributed by atoms with Crippen LogP contribution >= 0.6 is 15.9 Å². The van der Waals surface area contributed by atoms with Crippen molar-refractivity contribution in [2.75, 3.05) is 7.11 Å². The van der Waals surface area contributed by atoms with E-state index in [9.17, 15) is 14.7 Å². The summed E-state index contributed by atoms with van der Waals surface area (Å²) in [5, 5.41) is 18.1. The first-order chi connectivity index (χ1) is 6.97. The highest BCUT2D eigenvalue weighted by atomic mass is 79.9. The van der Waals surface area contributed by atoms with E-state index >= 15 is 0 Å². The highest BCUT2D eigenvalue weighted by molar-refractivity contribution is 9.10. The van der Waals surface area contributed by atoms with Gasteiger partial charge in [-0.2, -0.15) is 0 Å². The van der Waals surface area contributed by atoms with E-state index in [1.54, 1.807) is 0 Å². The maximum Gasteiger partial charge on any atom is 0.338 e. The van der Waals surface area contributed by atoms with Crippen molar-refractivity contribution < 1.29 is 24.5 Å². The Balaban J connectivity index is 3.35. The van der Waals surface area contributed by atoms with Crippen LogP contribution in [-0.4, -0.2) is 29.3 Å². The summed E-state index contributed by atoms with van der Waals surface area (Å²) in [6.07, 6.45) is 0. The minimum atomic E-state index is -1.25. The molecule has 0 bridgehead atoms. The van der Waals surface area contributed by atoms with Crippen LogP contribution in [0.25, 0.3) is 0 Å². The van der Waals surface area contributed by atoms with Gasteiger partial charge in [0, 0.05) is 0 Å². The van der Waals surface area contributed by atoms with Crippen molar-refractivity contribution in [3.8, 4) is 5.75 Å². The first kappa shape index (κ1) is 11.5. The largest absolute Gasteiger partial charge is 0.507 e. The van der Waals surface area contributed by atoms with E-state index in [4.69, 9.17) is 5.11 Å². The van der Waals surface area contributed by atoms with E-state index in [0.29, 0.717) is 0 Å².